The number of pyridine rings is 1. The second-order valence-corrected chi connectivity index (χ2v) is 5.14. The van der Waals surface area contributed by atoms with E-state index in [0.717, 1.165) is 21.6 Å². The fourth-order valence-electron chi connectivity index (χ4n) is 1.65. The van der Waals surface area contributed by atoms with Gasteiger partial charge in [-0.2, -0.15) is 0 Å². The zero-order chi connectivity index (χ0) is 13.5. The van der Waals surface area contributed by atoms with Gasteiger partial charge in [0.15, 0.2) is 0 Å². The van der Waals surface area contributed by atoms with Crippen molar-refractivity contribution in [1.29, 1.82) is 0 Å². The van der Waals surface area contributed by atoms with Gasteiger partial charge in [-0.1, -0.05) is 0 Å². The van der Waals surface area contributed by atoms with Crippen LogP contribution in [0.4, 0.5) is 0 Å². The van der Waals surface area contributed by atoms with Crippen molar-refractivity contribution in [2.45, 2.75) is 26.3 Å². The molecule has 0 fully saturated rings. The third kappa shape index (κ3) is 4.25. The van der Waals surface area contributed by atoms with Gasteiger partial charge in [0, 0.05) is 25.8 Å². The average Bonchev–Trinajstić information content (AvgIpc) is 2.84. The molecule has 0 saturated heterocycles. The molecule has 0 aliphatic carbocycles. The zero-order valence-electron chi connectivity index (χ0n) is 10.9. The van der Waals surface area contributed by atoms with Crippen molar-refractivity contribution < 1.29 is 9.53 Å². The molecular weight excluding hydrogens is 262 g/mol. The molecule has 1 amide bonds. The number of fused-ring (bicyclic) bond motifs is 1. The number of amides is 1. The van der Waals surface area contributed by atoms with Gasteiger partial charge < -0.3 is 10.1 Å². The highest BCUT2D eigenvalue weighted by molar-refractivity contribution is 7.18. The molecule has 6 heteroatoms. The number of rotatable bonds is 7. The highest BCUT2D eigenvalue weighted by Gasteiger charge is 2.05. The minimum absolute atomic E-state index is 0.0390. The van der Waals surface area contributed by atoms with Crippen LogP contribution in [-0.2, 0) is 16.1 Å². The van der Waals surface area contributed by atoms with Crippen LogP contribution in [0.25, 0.3) is 10.2 Å². The lowest BCUT2D eigenvalue weighted by molar-refractivity contribution is -0.121. The Morgan fingerprint density at radius 3 is 3.21 bits per heavy atom. The van der Waals surface area contributed by atoms with Gasteiger partial charge in [0.05, 0.1) is 23.0 Å². The number of aromatic nitrogens is 2. The molecular formula is C13H17N3O2S. The zero-order valence-corrected chi connectivity index (χ0v) is 11.7. The van der Waals surface area contributed by atoms with Crippen molar-refractivity contribution >= 4 is 27.5 Å². The lowest BCUT2D eigenvalue weighted by Crippen LogP contribution is -2.22. The lowest BCUT2D eigenvalue weighted by atomic mass is 10.3. The monoisotopic (exact) mass is 279 g/mol. The van der Waals surface area contributed by atoms with Crippen molar-refractivity contribution in [2.75, 3.05) is 13.2 Å². The van der Waals surface area contributed by atoms with E-state index in [4.69, 9.17) is 4.74 Å². The van der Waals surface area contributed by atoms with E-state index in [2.05, 4.69) is 15.3 Å². The molecule has 0 radical (unpaired) electrons. The van der Waals surface area contributed by atoms with Gasteiger partial charge in [-0.3, -0.25) is 9.78 Å². The van der Waals surface area contributed by atoms with Crippen molar-refractivity contribution in [3.8, 4) is 0 Å². The summed E-state index contributed by atoms with van der Waals surface area (Å²) in [6.45, 7) is 3.76. The summed E-state index contributed by atoms with van der Waals surface area (Å²) >= 11 is 1.58. The van der Waals surface area contributed by atoms with E-state index in [0.29, 0.717) is 26.2 Å². The highest BCUT2D eigenvalue weighted by Crippen LogP contribution is 2.20. The van der Waals surface area contributed by atoms with E-state index in [-0.39, 0.29) is 5.91 Å². The third-order valence-electron chi connectivity index (χ3n) is 2.57. The first-order valence-electron chi connectivity index (χ1n) is 6.33. The predicted molar refractivity (Wildman–Crippen MR) is 75.0 cm³/mol. The molecule has 0 bridgehead atoms. The molecule has 0 atom stereocenters. The van der Waals surface area contributed by atoms with Crippen LogP contribution in [0, 0.1) is 0 Å². The van der Waals surface area contributed by atoms with Crippen molar-refractivity contribution in [1.82, 2.24) is 15.3 Å². The molecule has 0 saturated carbocycles. The summed E-state index contributed by atoms with van der Waals surface area (Å²) in [7, 11) is 0. The van der Waals surface area contributed by atoms with Crippen LogP contribution >= 0.6 is 11.3 Å². The number of thiazole rings is 1. The number of ether oxygens (including phenoxy) is 1. The Kier molecular flexibility index (Phi) is 5.23. The maximum absolute atomic E-state index is 11.6. The standard InChI is InChI=1S/C13H17N3O2S/c1-2-18-7-3-4-12(17)15-9-13-16-10-8-14-6-5-11(10)19-13/h5-6,8H,2-4,7,9H2,1H3,(H,15,17). The molecule has 2 aromatic rings. The van der Waals surface area contributed by atoms with Crippen LogP contribution in [0.2, 0.25) is 0 Å². The van der Waals surface area contributed by atoms with Gasteiger partial charge in [-0.25, -0.2) is 4.98 Å². The Morgan fingerprint density at radius 2 is 2.42 bits per heavy atom. The summed E-state index contributed by atoms with van der Waals surface area (Å²) < 4.78 is 6.28. The number of carbonyl (C=O) groups is 1. The fraction of sp³-hybridized carbons (Fsp3) is 0.462. The van der Waals surface area contributed by atoms with Gasteiger partial charge in [0.25, 0.3) is 0 Å². The molecule has 2 heterocycles. The summed E-state index contributed by atoms with van der Waals surface area (Å²) in [6, 6.07) is 1.93. The lowest BCUT2D eigenvalue weighted by Gasteiger charge is -2.03. The third-order valence-corrected chi connectivity index (χ3v) is 3.60. The number of hydrogen-bond donors (Lipinski definition) is 1. The first-order chi connectivity index (χ1) is 9.29. The minimum atomic E-state index is 0.0390. The second-order valence-electron chi connectivity index (χ2n) is 4.03. The highest BCUT2D eigenvalue weighted by atomic mass is 32.1. The van der Waals surface area contributed by atoms with E-state index in [1.165, 1.54) is 0 Å². The van der Waals surface area contributed by atoms with Gasteiger partial charge in [0.1, 0.15) is 5.01 Å². The molecule has 2 aromatic heterocycles. The van der Waals surface area contributed by atoms with Gasteiger partial charge in [0.2, 0.25) is 5.91 Å². The van der Waals surface area contributed by atoms with E-state index in [9.17, 15) is 4.79 Å². The van der Waals surface area contributed by atoms with Gasteiger partial charge >= 0.3 is 0 Å². The fourth-order valence-corrected chi connectivity index (χ4v) is 2.52. The largest absolute Gasteiger partial charge is 0.382 e. The molecule has 5 nitrogen and oxygen atoms in total. The van der Waals surface area contributed by atoms with Crippen molar-refractivity contribution in [3.63, 3.8) is 0 Å². The van der Waals surface area contributed by atoms with Crippen LogP contribution in [-0.4, -0.2) is 29.1 Å². The number of carbonyl (C=O) groups excluding carboxylic acids is 1. The summed E-state index contributed by atoms with van der Waals surface area (Å²) in [4.78, 5) is 20.0. The van der Waals surface area contributed by atoms with Gasteiger partial charge in [-0.05, 0) is 19.4 Å². The molecule has 0 aliphatic rings. The van der Waals surface area contributed by atoms with E-state index < -0.39 is 0 Å². The first-order valence-corrected chi connectivity index (χ1v) is 7.15. The Balaban J connectivity index is 1.77. The topological polar surface area (TPSA) is 64.1 Å². The SMILES string of the molecule is CCOCCCC(=O)NCc1nc2cnccc2s1. The average molecular weight is 279 g/mol. The first kappa shape index (κ1) is 13.9. The van der Waals surface area contributed by atoms with E-state index in [1.54, 1.807) is 23.7 Å². The number of nitrogens with zero attached hydrogens (tertiary/aromatic N) is 2. The maximum Gasteiger partial charge on any atom is 0.220 e. The molecule has 102 valence electrons. The second kappa shape index (κ2) is 7.16. The molecule has 0 unspecified atom stereocenters. The molecule has 0 spiro atoms. The quantitative estimate of drug-likeness (QED) is 0.789. The smallest absolute Gasteiger partial charge is 0.220 e. The minimum Gasteiger partial charge on any atom is -0.382 e. The van der Waals surface area contributed by atoms with Crippen LogP contribution in [0.1, 0.15) is 24.8 Å². The molecule has 19 heavy (non-hydrogen) atoms. The van der Waals surface area contributed by atoms with E-state index >= 15 is 0 Å². The molecule has 0 aromatic carbocycles. The van der Waals surface area contributed by atoms with Crippen LogP contribution in [0.15, 0.2) is 18.5 Å². The molecule has 2 rings (SSSR count). The van der Waals surface area contributed by atoms with Gasteiger partial charge in [-0.15, -0.1) is 11.3 Å². The number of hydrogen-bond acceptors (Lipinski definition) is 5. The van der Waals surface area contributed by atoms with E-state index in [1.807, 2.05) is 13.0 Å². The number of nitrogens with one attached hydrogen (secondary N) is 1. The Morgan fingerprint density at radius 1 is 1.53 bits per heavy atom. The van der Waals surface area contributed by atoms with Crippen molar-refractivity contribution in [2.24, 2.45) is 0 Å². The normalized spacial score (nSPS) is 10.8. The summed E-state index contributed by atoms with van der Waals surface area (Å²) in [5.74, 6) is 0.0390. The molecule has 1 N–H and O–H groups in total. The molecule has 0 aliphatic heterocycles. The summed E-state index contributed by atoms with van der Waals surface area (Å²) in [5.41, 5.74) is 0.882. The predicted octanol–water partition coefficient (Wildman–Crippen LogP) is 2.12. The van der Waals surface area contributed by atoms with Crippen molar-refractivity contribution in [3.05, 3.63) is 23.5 Å². The van der Waals surface area contributed by atoms with Crippen LogP contribution in [0.3, 0.4) is 0 Å². The van der Waals surface area contributed by atoms with Crippen LogP contribution < -0.4 is 5.32 Å². The Labute approximate surface area is 116 Å². The Bertz CT molecular complexity index is 508. The summed E-state index contributed by atoms with van der Waals surface area (Å²) in [6.07, 6.45) is 4.73. The maximum atomic E-state index is 11.6. The Hall–Kier alpha value is -1.53. The summed E-state index contributed by atoms with van der Waals surface area (Å²) in [5, 5.41) is 3.77. The van der Waals surface area contributed by atoms with Crippen LogP contribution in [0.5, 0.6) is 0 Å².